The Balaban J connectivity index is 2.47. The molecule has 124 valence electrons. The second-order valence-electron chi connectivity index (χ2n) is 5.75. The normalized spacial score (nSPS) is 13.5. The van der Waals surface area contributed by atoms with Crippen molar-refractivity contribution < 1.29 is 19.6 Å². The summed E-state index contributed by atoms with van der Waals surface area (Å²) in [5, 5.41) is 20.3. The number of nitro groups is 1. The number of rotatable bonds is 7. The number of aromatic carboxylic acids is 1. The van der Waals surface area contributed by atoms with E-state index >= 15 is 0 Å². The Morgan fingerprint density at radius 1 is 1.35 bits per heavy atom. The highest BCUT2D eigenvalue weighted by molar-refractivity contribution is 6.03. The number of carboxylic acids is 1. The molecule has 1 aromatic rings. The molecule has 1 heterocycles. The number of nitrogens with zero attached hydrogens (tertiary/aromatic N) is 2. The van der Waals surface area contributed by atoms with E-state index in [9.17, 15) is 24.8 Å². The summed E-state index contributed by atoms with van der Waals surface area (Å²) in [6.45, 7) is 4.27. The number of fused-ring (bicyclic) bond motifs is 1. The Morgan fingerprint density at radius 3 is 2.43 bits per heavy atom. The van der Waals surface area contributed by atoms with Gasteiger partial charge in [0.25, 0.3) is 11.6 Å². The van der Waals surface area contributed by atoms with Gasteiger partial charge in [-0.25, -0.2) is 4.79 Å². The summed E-state index contributed by atoms with van der Waals surface area (Å²) in [6.07, 6.45) is 3.49. The molecule has 1 aliphatic heterocycles. The zero-order valence-electron chi connectivity index (χ0n) is 13.2. The van der Waals surface area contributed by atoms with Crippen LogP contribution in [0.4, 0.5) is 5.69 Å². The van der Waals surface area contributed by atoms with E-state index in [1.807, 2.05) is 13.8 Å². The first-order chi connectivity index (χ1) is 10.9. The lowest BCUT2D eigenvalue weighted by molar-refractivity contribution is -0.384. The Labute approximate surface area is 134 Å². The van der Waals surface area contributed by atoms with Crippen molar-refractivity contribution in [1.82, 2.24) is 4.90 Å². The molecule has 1 aliphatic rings. The minimum atomic E-state index is -1.25. The van der Waals surface area contributed by atoms with Crippen molar-refractivity contribution >= 4 is 17.6 Å². The molecule has 0 spiro atoms. The van der Waals surface area contributed by atoms with Gasteiger partial charge in [-0.1, -0.05) is 26.7 Å². The zero-order chi connectivity index (χ0) is 17.1. The maximum absolute atomic E-state index is 12.6. The minimum absolute atomic E-state index is 0.0330. The lowest BCUT2D eigenvalue weighted by Gasteiger charge is -2.27. The van der Waals surface area contributed by atoms with E-state index in [-0.39, 0.29) is 35.3 Å². The molecule has 0 unspecified atom stereocenters. The van der Waals surface area contributed by atoms with Gasteiger partial charge in [-0.2, -0.15) is 0 Å². The van der Waals surface area contributed by atoms with Crippen LogP contribution in [0.25, 0.3) is 0 Å². The fourth-order valence-corrected chi connectivity index (χ4v) is 3.13. The van der Waals surface area contributed by atoms with Gasteiger partial charge < -0.3 is 10.0 Å². The van der Waals surface area contributed by atoms with Crippen LogP contribution < -0.4 is 0 Å². The highest BCUT2D eigenvalue weighted by Crippen LogP contribution is 2.33. The van der Waals surface area contributed by atoms with Gasteiger partial charge in [0.2, 0.25) is 0 Å². The smallest absolute Gasteiger partial charge is 0.336 e. The molecule has 2 rings (SSSR count). The number of hydrogen-bond acceptors (Lipinski definition) is 4. The van der Waals surface area contributed by atoms with E-state index < -0.39 is 10.9 Å². The quantitative estimate of drug-likeness (QED) is 0.614. The van der Waals surface area contributed by atoms with Crippen molar-refractivity contribution in [2.24, 2.45) is 0 Å². The average Bonchev–Trinajstić information content (AvgIpc) is 2.83. The predicted molar refractivity (Wildman–Crippen MR) is 83.5 cm³/mol. The van der Waals surface area contributed by atoms with Crippen molar-refractivity contribution in [3.63, 3.8) is 0 Å². The maximum atomic E-state index is 12.6. The summed E-state index contributed by atoms with van der Waals surface area (Å²) in [5.74, 6) is -1.56. The van der Waals surface area contributed by atoms with E-state index in [2.05, 4.69) is 0 Å². The summed E-state index contributed by atoms with van der Waals surface area (Å²) in [7, 11) is 0. The third-order valence-electron chi connectivity index (χ3n) is 4.18. The summed E-state index contributed by atoms with van der Waals surface area (Å²) in [4.78, 5) is 36.0. The van der Waals surface area contributed by atoms with Gasteiger partial charge in [0.1, 0.15) is 0 Å². The molecule has 0 saturated carbocycles. The first-order valence-electron chi connectivity index (χ1n) is 7.76. The van der Waals surface area contributed by atoms with Crippen molar-refractivity contribution in [2.45, 2.75) is 52.1 Å². The molecule has 0 radical (unpaired) electrons. The largest absolute Gasteiger partial charge is 0.478 e. The van der Waals surface area contributed by atoms with Crippen LogP contribution in [0, 0.1) is 10.1 Å². The lowest BCUT2D eigenvalue weighted by Crippen LogP contribution is -2.35. The Morgan fingerprint density at radius 2 is 1.96 bits per heavy atom. The molecule has 0 atom stereocenters. The highest BCUT2D eigenvalue weighted by atomic mass is 16.6. The topological polar surface area (TPSA) is 101 Å². The number of benzene rings is 1. The summed E-state index contributed by atoms with van der Waals surface area (Å²) >= 11 is 0. The fraction of sp³-hybridized carbons (Fsp3) is 0.500. The molecule has 23 heavy (non-hydrogen) atoms. The van der Waals surface area contributed by atoms with Crippen LogP contribution in [0.2, 0.25) is 0 Å². The minimum Gasteiger partial charge on any atom is -0.478 e. The Bertz CT molecular complexity index is 650. The van der Waals surface area contributed by atoms with Crippen molar-refractivity contribution in [3.05, 3.63) is 38.9 Å². The van der Waals surface area contributed by atoms with Gasteiger partial charge in [0.05, 0.1) is 16.1 Å². The van der Waals surface area contributed by atoms with E-state index in [1.54, 1.807) is 4.90 Å². The monoisotopic (exact) mass is 320 g/mol. The van der Waals surface area contributed by atoms with E-state index in [1.165, 1.54) is 6.07 Å². The van der Waals surface area contributed by atoms with Crippen molar-refractivity contribution in [3.8, 4) is 0 Å². The standard InChI is InChI=1S/C16H20N2O5/c1-3-5-10(6-4-2)17-9-14-12(15(17)19)7-11(18(22)23)8-13(14)16(20)21/h7-8,10H,3-6,9H2,1-2H3,(H,20,21). The number of non-ortho nitro benzene ring substituents is 1. The number of carbonyl (C=O) groups excluding carboxylic acids is 1. The maximum Gasteiger partial charge on any atom is 0.336 e. The molecule has 0 bridgehead atoms. The van der Waals surface area contributed by atoms with Crippen LogP contribution in [-0.2, 0) is 6.54 Å². The summed E-state index contributed by atoms with van der Waals surface area (Å²) in [5.41, 5.74) is 0.00907. The van der Waals surface area contributed by atoms with Gasteiger partial charge in [-0.15, -0.1) is 0 Å². The summed E-state index contributed by atoms with van der Waals surface area (Å²) in [6, 6.07) is 2.26. The first-order valence-corrected chi connectivity index (χ1v) is 7.76. The first kappa shape index (κ1) is 16.9. The van der Waals surface area contributed by atoms with E-state index in [0.29, 0.717) is 5.56 Å². The lowest BCUT2D eigenvalue weighted by atomic mass is 10.0. The van der Waals surface area contributed by atoms with Gasteiger partial charge in [-0.05, 0) is 18.4 Å². The third-order valence-corrected chi connectivity index (χ3v) is 4.18. The van der Waals surface area contributed by atoms with Gasteiger partial charge in [-0.3, -0.25) is 14.9 Å². The average molecular weight is 320 g/mol. The van der Waals surface area contributed by atoms with Gasteiger partial charge in [0.15, 0.2) is 0 Å². The fourth-order valence-electron chi connectivity index (χ4n) is 3.13. The molecule has 7 nitrogen and oxygen atoms in total. The SMILES string of the molecule is CCCC(CCC)N1Cc2c(C(=O)O)cc([N+](=O)[O-])cc2C1=O. The van der Waals surface area contributed by atoms with Crippen LogP contribution in [0.15, 0.2) is 12.1 Å². The molecule has 1 N–H and O–H groups in total. The van der Waals surface area contributed by atoms with Crippen molar-refractivity contribution in [1.29, 1.82) is 0 Å². The van der Waals surface area contributed by atoms with Crippen LogP contribution >= 0.6 is 0 Å². The molecule has 0 aliphatic carbocycles. The van der Waals surface area contributed by atoms with Gasteiger partial charge in [0, 0.05) is 24.7 Å². The molecule has 0 fully saturated rings. The molecule has 7 heteroatoms. The van der Waals surface area contributed by atoms with E-state index in [4.69, 9.17) is 0 Å². The number of nitro benzene ring substituents is 1. The number of carboxylic acid groups (broad SMARTS) is 1. The van der Waals surface area contributed by atoms with Crippen LogP contribution in [-0.4, -0.2) is 32.8 Å². The summed E-state index contributed by atoms with van der Waals surface area (Å²) < 4.78 is 0. The second kappa shape index (κ2) is 6.76. The molecular formula is C16H20N2O5. The predicted octanol–water partition coefficient (Wildman–Crippen LogP) is 3.22. The third kappa shape index (κ3) is 3.18. The second-order valence-corrected chi connectivity index (χ2v) is 5.75. The molecule has 0 aromatic heterocycles. The number of hydrogen-bond donors (Lipinski definition) is 1. The van der Waals surface area contributed by atoms with Crippen molar-refractivity contribution in [2.75, 3.05) is 0 Å². The molecular weight excluding hydrogens is 300 g/mol. The van der Waals surface area contributed by atoms with Crippen LogP contribution in [0.3, 0.4) is 0 Å². The Kier molecular flexibility index (Phi) is 4.98. The van der Waals surface area contributed by atoms with E-state index in [0.717, 1.165) is 31.7 Å². The molecule has 1 amide bonds. The highest BCUT2D eigenvalue weighted by Gasteiger charge is 2.36. The van der Waals surface area contributed by atoms with Crippen LogP contribution in [0.1, 0.15) is 65.8 Å². The number of carbonyl (C=O) groups is 2. The Hall–Kier alpha value is -2.44. The van der Waals surface area contributed by atoms with Crippen LogP contribution in [0.5, 0.6) is 0 Å². The molecule has 0 saturated heterocycles. The van der Waals surface area contributed by atoms with Gasteiger partial charge >= 0.3 is 5.97 Å². The molecule has 1 aromatic carbocycles. The number of amides is 1. The zero-order valence-corrected chi connectivity index (χ0v) is 13.2.